The first kappa shape index (κ1) is 24.2. The molecule has 0 aromatic heterocycles. The van der Waals surface area contributed by atoms with E-state index in [1.54, 1.807) is 0 Å². The molecule has 0 amide bonds. The molecular formula is C21H36IN3O2. The van der Waals surface area contributed by atoms with Gasteiger partial charge >= 0.3 is 0 Å². The van der Waals surface area contributed by atoms with Crippen LogP contribution in [0.1, 0.15) is 44.7 Å². The normalized spacial score (nSPS) is 17.5. The van der Waals surface area contributed by atoms with E-state index in [1.165, 1.54) is 11.1 Å². The number of nitrogens with zero attached hydrogens (tertiary/aromatic N) is 1. The predicted molar refractivity (Wildman–Crippen MR) is 123 cm³/mol. The summed E-state index contributed by atoms with van der Waals surface area (Å²) in [6.45, 7) is 13.5. The molecule has 1 heterocycles. The molecule has 2 N–H and O–H groups in total. The minimum Gasteiger partial charge on any atom is -0.379 e. The van der Waals surface area contributed by atoms with Crippen molar-refractivity contribution in [2.24, 2.45) is 4.99 Å². The third kappa shape index (κ3) is 8.79. The molecule has 1 fully saturated rings. The quantitative estimate of drug-likeness (QED) is 0.241. The van der Waals surface area contributed by atoms with Crippen molar-refractivity contribution in [3.8, 4) is 0 Å². The fraction of sp³-hybridized carbons (Fsp3) is 0.667. The van der Waals surface area contributed by atoms with Crippen LogP contribution in [0.2, 0.25) is 0 Å². The van der Waals surface area contributed by atoms with E-state index >= 15 is 0 Å². The molecule has 0 radical (unpaired) electrons. The van der Waals surface area contributed by atoms with Gasteiger partial charge in [0.2, 0.25) is 0 Å². The topological polar surface area (TPSA) is 54.9 Å². The highest BCUT2D eigenvalue weighted by Gasteiger charge is 2.20. The molecule has 1 aliphatic rings. The molecule has 6 heteroatoms. The molecule has 1 aromatic carbocycles. The minimum atomic E-state index is -0.0000439. The maximum atomic E-state index is 5.80. The monoisotopic (exact) mass is 489 g/mol. The Morgan fingerprint density at radius 1 is 1.33 bits per heavy atom. The zero-order valence-corrected chi connectivity index (χ0v) is 19.5. The summed E-state index contributed by atoms with van der Waals surface area (Å²) in [5, 5.41) is 6.74. The summed E-state index contributed by atoms with van der Waals surface area (Å²) in [5.41, 5.74) is 2.61. The molecule has 1 unspecified atom stereocenters. The fourth-order valence-corrected chi connectivity index (χ4v) is 2.95. The number of rotatable bonds is 9. The Morgan fingerprint density at radius 3 is 2.81 bits per heavy atom. The van der Waals surface area contributed by atoms with Gasteiger partial charge in [-0.3, -0.25) is 4.99 Å². The lowest BCUT2D eigenvalue weighted by Gasteiger charge is -2.24. The van der Waals surface area contributed by atoms with Crippen molar-refractivity contribution in [3.05, 3.63) is 35.4 Å². The first-order valence-corrected chi connectivity index (χ1v) is 9.80. The lowest BCUT2D eigenvalue weighted by molar-refractivity contribution is 0.0420. The number of guanidine groups is 1. The Morgan fingerprint density at radius 2 is 2.15 bits per heavy atom. The molecule has 27 heavy (non-hydrogen) atoms. The highest BCUT2D eigenvalue weighted by atomic mass is 127. The van der Waals surface area contributed by atoms with Crippen LogP contribution in [0.25, 0.3) is 0 Å². The summed E-state index contributed by atoms with van der Waals surface area (Å²) in [7, 11) is 0. The van der Waals surface area contributed by atoms with Gasteiger partial charge in [0.1, 0.15) is 0 Å². The second-order valence-corrected chi connectivity index (χ2v) is 7.59. The Kier molecular flexibility index (Phi) is 11.3. The van der Waals surface area contributed by atoms with Gasteiger partial charge in [0, 0.05) is 31.7 Å². The largest absolute Gasteiger partial charge is 0.379 e. The van der Waals surface area contributed by atoms with Gasteiger partial charge in [0.15, 0.2) is 5.96 Å². The molecule has 1 saturated heterocycles. The number of hydrogen-bond acceptors (Lipinski definition) is 3. The number of ether oxygens (including phenoxy) is 2. The summed E-state index contributed by atoms with van der Waals surface area (Å²) in [5.74, 6) is 0.873. The third-order valence-corrected chi connectivity index (χ3v) is 4.63. The number of aryl methyl sites for hydroxylation is 1. The molecule has 1 aliphatic heterocycles. The third-order valence-electron chi connectivity index (χ3n) is 4.63. The van der Waals surface area contributed by atoms with Crippen molar-refractivity contribution in [3.63, 3.8) is 0 Å². The van der Waals surface area contributed by atoms with Crippen molar-refractivity contribution in [2.75, 3.05) is 39.5 Å². The van der Waals surface area contributed by atoms with Gasteiger partial charge in [-0.2, -0.15) is 0 Å². The lowest BCUT2D eigenvalue weighted by Crippen LogP contribution is -2.39. The summed E-state index contributed by atoms with van der Waals surface area (Å²) in [4.78, 5) is 4.80. The van der Waals surface area contributed by atoms with Crippen LogP contribution in [0, 0.1) is 6.92 Å². The van der Waals surface area contributed by atoms with Crippen LogP contribution < -0.4 is 10.6 Å². The molecule has 0 spiro atoms. The summed E-state index contributed by atoms with van der Waals surface area (Å²) < 4.78 is 11.1. The van der Waals surface area contributed by atoms with Gasteiger partial charge in [-0.1, -0.05) is 43.7 Å². The highest BCUT2D eigenvalue weighted by molar-refractivity contribution is 14.0. The molecule has 5 nitrogen and oxygen atoms in total. The number of aliphatic imine (C=N–C) groups is 1. The Balaban J connectivity index is 0.00000364. The van der Waals surface area contributed by atoms with Crippen LogP contribution in [-0.4, -0.2) is 51.5 Å². The SMILES string of the molecule is CCNC(=NCC(C)(C)c1cccc(C)c1)NCCCOC1CCOC1.I. The maximum absolute atomic E-state index is 5.80. The number of halogens is 1. The molecule has 0 aliphatic carbocycles. The zero-order chi connectivity index (χ0) is 18.8. The predicted octanol–water partition coefficient (Wildman–Crippen LogP) is 3.64. The van der Waals surface area contributed by atoms with Gasteiger partial charge in [-0.25, -0.2) is 0 Å². The second kappa shape index (κ2) is 12.6. The Hall–Kier alpha value is -0.860. The first-order chi connectivity index (χ1) is 12.5. The van der Waals surface area contributed by atoms with Crippen LogP contribution in [0.5, 0.6) is 0 Å². The van der Waals surface area contributed by atoms with Crippen molar-refractivity contribution in [2.45, 2.75) is 52.1 Å². The number of nitrogens with one attached hydrogen (secondary N) is 2. The summed E-state index contributed by atoms with van der Waals surface area (Å²) in [6.07, 6.45) is 2.26. The van der Waals surface area contributed by atoms with E-state index in [4.69, 9.17) is 14.5 Å². The van der Waals surface area contributed by atoms with E-state index < -0.39 is 0 Å². The van der Waals surface area contributed by atoms with Crippen LogP contribution in [-0.2, 0) is 14.9 Å². The van der Waals surface area contributed by atoms with Crippen molar-refractivity contribution < 1.29 is 9.47 Å². The number of hydrogen-bond donors (Lipinski definition) is 2. The van der Waals surface area contributed by atoms with E-state index in [2.05, 4.69) is 62.6 Å². The van der Waals surface area contributed by atoms with Gasteiger partial charge in [-0.15, -0.1) is 24.0 Å². The van der Waals surface area contributed by atoms with Gasteiger partial charge < -0.3 is 20.1 Å². The Labute approximate surface area is 181 Å². The standard InChI is InChI=1S/C21H35N3O2.HI/c1-5-22-20(23-11-7-12-26-19-10-13-25-15-19)24-16-21(3,4)18-9-6-8-17(2)14-18;/h6,8-9,14,19H,5,7,10-13,15-16H2,1-4H3,(H2,22,23,24);1H. The van der Waals surface area contributed by atoms with Crippen LogP contribution in [0.15, 0.2) is 29.3 Å². The summed E-state index contributed by atoms with van der Waals surface area (Å²) >= 11 is 0. The molecule has 0 saturated carbocycles. The minimum absolute atomic E-state index is 0. The lowest BCUT2D eigenvalue weighted by atomic mass is 9.84. The molecule has 1 atom stereocenters. The van der Waals surface area contributed by atoms with Crippen LogP contribution in [0.4, 0.5) is 0 Å². The van der Waals surface area contributed by atoms with Crippen molar-refractivity contribution in [1.29, 1.82) is 0 Å². The zero-order valence-electron chi connectivity index (χ0n) is 17.2. The van der Waals surface area contributed by atoms with E-state index in [0.29, 0.717) is 0 Å². The fourth-order valence-electron chi connectivity index (χ4n) is 2.95. The van der Waals surface area contributed by atoms with E-state index in [1.807, 2.05) is 0 Å². The average molecular weight is 489 g/mol. The molecule has 2 rings (SSSR count). The van der Waals surface area contributed by atoms with E-state index in [-0.39, 0.29) is 35.5 Å². The average Bonchev–Trinajstić information content (AvgIpc) is 3.13. The van der Waals surface area contributed by atoms with E-state index in [9.17, 15) is 0 Å². The van der Waals surface area contributed by atoms with E-state index in [0.717, 1.165) is 58.3 Å². The van der Waals surface area contributed by atoms with Crippen molar-refractivity contribution >= 4 is 29.9 Å². The van der Waals surface area contributed by atoms with Crippen LogP contribution >= 0.6 is 24.0 Å². The summed E-state index contributed by atoms with van der Waals surface area (Å²) in [6, 6.07) is 8.69. The molecule has 0 bridgehead atoms. The maximum Gasteiger partial charge on any atom is 0.191 e. The highest BCUT2D eigenvalue weighted by Crippen LogP contribution is 2.24. The van der Waals surface area contributed by atoms with Crippen LogP contribution in [0.3, 0.4) is 0 Å². The first-order valence-electron chi connectivity index (χ1n) is 9.80. The molecule has 1 aromatic rings. The number of benzene rings is 1. The second-order valence-electron chi connectivity index (χ2n) is 7.59. The smallest absolute Gasteiger partial charge is 0.191 e. The van der Waals surface area contributed by atoms with Gasteiger partial charge in [-0.05, 0) is 32.3 Å². The Bertz CT molecular complexity index is 572. The molecular weight excluding hydrogens is 453 g/mol. The molecule has 154 valence electrons. The van der Waals surface area contributed by atoms with Gasteiger partial charge in [0.05, 0.1) is 19.3 Å². The van der Waals surface area contributed by atoms with Crippen molar-refractivity contribution in [1.82, 2.24) is 10.6 Å². The van der Waals surface area contributed by atoms with Gasteiger partial charge in [0.25, 0.3) is 0 Å².